The molecule has 1 aromatic carbocycles. The lowest BCUT2D eigenvalue weighted by Gasteiger charge is -2.20. The van der Waals surface area contributed by atoms with Crippen molar-refractivity contribution in [1.82, 2.24) is 9.97 Å². The number of hydrogen-bond donors (Lipinski definition) is 4. The third-order valence-electron chi connectivity index (χ3n) is 4.32. The van der Waals surface area contributed by atoms with Crippen molar-refractivity contribution in [1.29, 1.82) is 5.26 Å². The number of benzene rings is 1. The van der Waals surface area contributed by atoms with Gasteiger partial charge in [-0.25, -0.2) is 0 Å². The van der Waals surface area contributed by atoms with E-state index in [1.807, 2.05) is 6.07 Å². The van der Waals surface area contributed by atoms with Gasteiger partial charge in [0.2, 0.25) is 17.7 Å². The second-order valence-electron chi connectivity index (χ2n) is 6.70. The summed E-state index contributed by atoms with van der Waals surface area (Å²) in [5.41, 5.74) is 10.3. The van der Waals surface area contributed by atoms with Gasteiger partial charge in [0.1, 0.15) is 12.1 Å². The maximum atomic E-state index is 13.0. The van der Waals surface area contributed by atoms with E-state index in [0.29, 0.717) is 19.4 Å². The van der Waals surface area contributed by atoms with Gasteiger partial charge < -0.3 is 26.8 Å². The number of rotatable bonds is 10. The van der Waals surface area contributed by atoms with Gasteiger partial charge in [-0.3, -0.25) is 4.79 Å². The number of nitrogen functional groups attached to an aromatic ring is 1. The first kappa shape index (κ1) is 24.7. The summed E-state index contributed by atoms with van der Waals surface area (Å²) in [7, 11) is 0. The third kappa shape index (κ3) is 6.71. The third-order valence-corrected chi connectivity index (χ3v) is 4.32. The van der Waals surface area contributed by atoms with Crippen LogP contribution in [0.4, 0.5) is 30.6 Å². The molecule has 0 saturated heterocycles. The molecule has 0 bridgehead atoms. The molecule has 2 rings (SSSR count). The van der Waals surface area contributed by atoms with Crippen molar-refractivity contribution in [3.05, 3.63) is 35.4 Å². The van der Waals surface area contributed by atoms with Crippen molar-refractivity contribution in [3.63, 3.8) is 0 Å². The number of ether oxygens (including phenoxy) is 1. The zero-order valence-electron chi connectivity index (χ0n) is 17.4. The van der Waals surface area contributed by atoms with Gasteiger partial charge in [0.15, 0.2) is 11.4 Å². The number of carbonyl (C=O) groups is 1. The number of aromatic nitrogens is 2. The Balaban J connectivity index is 2.31. The molecule has 0 aliphatic heterocycles. The molecular formula is C20H24F3N7O2. The molecule has 0 spiro atoms. The molecular weight excluding hydrogens is 427 g/mol. The molecule has 0 radical (unpaired) electrons. The van der Waals surface area contributed by atoms with Crippen LogP contribution in [0.5, 0.6) is 5.88 Å². The van der Waals surface area contributed by atoms with E-state index in [-0.39, 0.29) is 41.9 Å². The highest BCUT2D eigenvalue weighted by Gasteiger charge is 2.31. The first-order chi connectivity index (χ1) is 15.2. The number of hydrogen-bond acceptors (Lipinski definition) is 8. The highest BCUT2D eigenvalue weighted by molar-refractivity contribution is 5.96. The van der Waals surface area contributed by atoms with Crippen LogP contribution >= 0.6 is 0 Å². The molecule has 0 aliphatic rings. The minimum Gasteiger partial charge on any atom is -0.477 e. The van der Waals surface area contributed by atoms with Gasteiger partial charge >= 0.3 is 6.18 Å². The first-order valence-corrected chi connectivity index (χ1v) is 9.84. The average molecular weight is 451 g/mol. The van der Waals surface area contributed by atoms with Crippen molar-refractivity contribution in [3.8, 4) is 11.9 Å². The number of nitrogens with two attached hydrogens (primary N) is 2. The Morgan fingerprint density at radius 2 is 2.06 bits per heavy atom. The van der Waals surface area contributed by atoms with Gasteiger partial charge in [-0.05, 0) is 50.9 Å². The van der Waals surface area contributed by atoms with Crippen LogP contribution < -0.4 is 26.8 Å². The Bertz CT molecular complexity index is 977. The molecule has 1 heterocycles. The molecule has 2 aromatic rings. The van der Waals surface area contributed by atoms with Gasteiger partial charge in [-0.1, -0.05) is 6.07 Å². The predicted molar refractivity (Wildman–Crippen MR) is 113 cm³/mol. The van der Waals surface area contributed by atoms with Crippen molar-refractivity contribution in [2.24, 2.45) is 5.73 Å². The minimum atomic E-state index is -4.55. The number of unbranched alkanes of at least 4 members (excludes halogenated alkanes) is 1. The molecule has 0 unspecified atom stereocenters. The topological polar surface area (TPSA) is 152 Å². The highest BCUT2D eigenvalue weighted by atomic mass is 19.4. The molecule has 6 N–H and O–H groups in total. The van der Waals surface area contributed by atoms with Crippen molar-refractivity contribution < 1.29 is 22.7 Å². The Kier molecular flexibility index (Phi) is 8.60. The predicted octanol–water partition coefficient (Wildman–Crippen LogP) is 2.90. The summed E-state index contributed by atoms with van der Waals surface area (Å²) in [6, 6.07) is 5.27. The van der Waals surface area contributed by atoms with E-state index < -0.39 is 23.7 Å². The summed E-state index contributed by atoms with van der Waals surface area (Å²) >= 11 is 0. The lowest BCUT2D eigenvalue weighted by atomic mass is 10.1. The maximum absolute atomic E-state index is 13.0. The molecule has 0 aliphatic carbocycles. The second-order valence-corrected chi connectivity index (χ2v) is 6.70. The molecule has 0 fully saturated rings. The normalized spacial score (nSPS) is 12.0. The largest absolute Gasteiger partial charge is 0.477 e. The van der Waals surface area contributed by atoms with E-state index >= 15 is 0 Å². The van der Waals surface area contributed by atoms with Crippen molar-refractivity contribution >= 4 is 23.4 Å². The lowest BCUT2D eigenvalue weighted by molar-refractivity contribution is -0.137. The summed E-state index contributed by atoms with van der Waals surface area (Å²) in [4.78, 5) is 20.8. The fourth-order valence-electron chi connectivity index (χ4n) is 2.83. The monoisotopic (exact) mass is 451 g/mol. The Hall–Kier alpha value is -3.59. The number of halogens is 3. The van der Waals surface area contributed by atoms with Gasteiger partial charge in [0.25, 0.3) is 0 Å². The fraction of sp³-hybridized carbons (Fsp3) is 0.400. The van der Waals surface area contributed by atoms with E-state index in [4.69, 9.17) is 16.2 Å². The first-order valence-electron chi connectivity index (χ1n) is 9.84. The van der Waals surface area contributed by atoms with Gasteiger partial charge in [0.05, 0.1) is 12.2 Å². The number of amides is 1. The molecule has 12 heteroatoms. The van der Waals surface area contributed by atoms with Crippen LogP contribution in [-0.2, 0) is 11.0 Å². The molecule has 9 nitrogen and oxygen atoms in total. The van der Waals surface area contributed by atoms with Gasteiger partial charge in [0, 0.05) is 5.69 Å². The van der Waals surface area contributed by atoms with Crippen LogP contribution in [0.3, 0.4) is 0 Å². The summed E-state index contributed by atoms with van der Waals surface area (Å²) in [5.74, 6) is -0.835. The molecule has 172 valence electrons. The van der Waals surface area contributed by atoms with Crippen LogP contribution in [0, 0.1) is 11.3 Å². The highest BCUT2D eigenvalue weighted by Crippen LogP contribution is 2.31. The van der Waals surface area contributed by atoms with E-state index in [1.165, 1.54) is 12.1 Å². The minimum absolute atomic E-state index is 0.0135. The maximum Gasteiger partial charge on any atom is 0.416 e. The molecule has 0 saturated carbocycles. The van der Waals surface area contributed by atoms with Crippen LogP contribution in [0.2, 0.25) is 0 Å². The average Bonchev–Trinajstić information content (AvgIpc) is 2.73. The number of nitrogens with one attached hydrogen (secondary N) is 2. The molecule has 1 amide bonds. The van der Waals surface area contributed by atoms with Crippen molar-refractivity contribution in [2.45, 2.75) is 38.4 Å². The number of alkyl halides is 3. The van der Waals surface area contributed by atoms with Gasteiger partial charge in [-0.15, -0.1) is 0 Å². The van der Waals surface area contributed by atoms with Crippen LogP contribution in [-0.4, -0.2) is 35.1 Å². The smallest absolute Gasteiger partial charge is 0.416 e. The van der Waals surface area contributed by atoms with Crippen LogP contribution in [0.1, 0.15) is 37.3 Å². The molecule has 32 heavy (non-hydrogen) atoms. The zero-order valence-corrected chi connectivity index (χ0v) is 17.4. The summed E-state index contributed by atoms with van der Waals surface area (Å²) in [6.07, 6.45) is -3.10. The Morgan fingerprint density at radius 3 is 2.69 bits per heavy atom. The number of nitrogens with zero attached hydrogens (tertiary/aromatic N) is 3. The standard InChI is InChI=1S/C20H24F3N7O2/c1-2-32-18-14(11-25)16(29-19(26)30-18)28-15(8-3-4-9-24)17(31)27-13-7-5-6-12(10-13)20(21,22)23/h5-7,10,15H,2-4,8-9,24H2,1H3,(H,27,31)(H3,26,28,29,30)/t15-/m1/s1. The Morgan fingerprint density at radius 1 is 1.31 bits per heavy atom. The van der Waals surface area contributed by atoms with E-state index in [0.717, 1.165) is 12.1 Å². The fourth-order valence-corrected chi connectivity index (χ4v) is 2.83. The molecule has 1 atom stereocenters. The number of nitriles is 1. The number of carbonyl (C=O) groups excluding carboxylic acids is 1. The Labute approximate surface area is 183 Å². The van der Waals surface area contributed by atoms with E-state index in [9.17, 15) is 23.2 Å². The zero-order chi connectivity index (χ0) is 23.7. The molecule has 1 aromatic heterocycles. The quantitative estimate of drug-likeness (QED) is 0.402. The van der Waals surface area contributed by atoms with Gasteiger partial charge in [-0.2, -0.15) is 28.4 Å². The SMILES string of the molecule is CCOc1nc(N)nc(N[C@H](CCCCN)C(=O)Nc2cccc(C(F)(F)F)c2)c1C#N. The lowest BCUT2D eigenvalue weighted by Crippen LogP contribution is -2.35. The van der Waals surface area contributed by atoms with E-state index in [1.54, 1.807) is 6.92 Å². The number of anilines is 3. The second kappa shape index (κ2) is 11.1. The van der Waals surface area contributed by atoms with Crippen LogP contribution in [0.25, 0.3) is 0 Å². The summed E-state index contributed by atoms with van der Waals surface area (Å²) < 4.78 is 44.2. The van der Waals surface area contributed by atoms with E-state index in [2.05, 4.69) is 20.6 Å². The summed E-state index contributed by atoms with van der Waals surface area (Å²) in [5, 5.41) is 14.8. The van der Waals surface area contributed by atoms with Crippen molar-refractivity contribution in [2.75, 3.05) is 29.5 Å². The summed E-state index contributed by atoms with van der Waals surface area (Å²) in [6.45, 7) is 2.32. The van der Waals surface area contributed by atoms with Crippen LogP contribution in [0.15, 0.2) is 24.3 Å².